The zero-order chi connectivity index (χ0) is 53.4. The Morgan fingerprint density at radius 3 is 1.09 bits per heavy atom. The lowest BCUT2D eigenvalue weighted by atomic mass is 9.86. The number of methoxy groups -OCH3 is 10. The van der Waals surface area contributed by atoms with Gasteiger partial charge in [0, 0.05) is 62.5 Å². The third-order valence-electron chi connectivity index (χ3n) is 15.0. The summed E-state index contributed by atoms with van der Waals surface area (Å²) in [6.45, 7) is 4.02. The Balaban J connectivity index is 0.967. The molecule has 4 aromatic carbocycles. The van der Waals surface area contributed by atoms with Crippen molar-refractivity contribution in [2.75, 3.05) is 125 Å². The van der Waals surface area contributed by atoms with Crippen molar-refractivity contribution in [1.82, 2.24) is 0 Å². The summed E-state index contributed by atoms with van der Waals surface area (Å²) in [5.74, 6) is 5.81. The number of benzene rings is 4. The van der Waals surface area contributed by atoms with Crippen LogP contribution in [0.5, 0.6) is 57.5 Å². The van der Waals surface area contributed by atoms with Crippen LogP contribution in [0.25, 0.3) is 0 Å². The maximum absolute atomic E-state index is 12.9. The molecule has 74 heavy (non-hydrogen) atoms. The number of carbonyl (C=O) groups is 2. The lowest BCUT2D eigenvalue weighted by molar-refractivity contribution is -0.941. The molecule has 16 nitrogen and oxygen atoms in total. The topological polar surface area (TPSA) is 145 Å². The minimum Gasteiger partial charge on any atom is -0.493 e. The van der Waals surface area contributed by atoms with E-state index in [2.05, 4.69) is 38.4 Å². The quantitative estimate of drug-likeness (QED) is 0.0231. The number of hydrogen-bond donors (Lipinski definition) is 0. The minimum atomic E-state index is -0.246. The number of ether oxygens (including phenoxy) is 12. The third kappa shape index (κ3) is 13.4. The highest BCUT2D eigenvalue weighted by Crippen LogP contribution is 2.47. The lowest BCUT2D eigenvalue weighted by Crippen LogP contribution is -2.52. The van der Waals surface area contributed by atoms with Gasteiger partial charge in [0.05, 0.1) is 125 Å². The summed E-state index contributed by atoms with van der Waals surface area (Å²) < 4.78 is 69.8. The zero-order valence-corrected chi connectivity index (χ0v) is 45.9. The maximum atomic E-state index is 12.9. The van der Waals surface area contributed by atoms with Crippen molar-refractivity contribution in [2.45, 2.75) is 76.3 Å². The highest BCUT2D eigenvalue weighted by Gasteiger charge is 2.42. The number of esters is 2. The van der Waals surface area contributed by atoms with Gasteiger partial charge >= 0.3 is 11.9 Å². The van der Waals surface area contributed by atoms with Crippen molar-refractivity contribution in [3.05, 3.63) is 94.1 Å². The van der Waals surface area contributed by atoms with E-state index in [0.29, 0.717) is 109 Å². The van der Waals surface area contributed by atoms with Gasteiger partial charge in [-0.2, -0.15) is 0 Å². The number of carbonyl (C=O) groups excluding carboxylic acids is 2. The number of fused-ring (bicyclic) bond motifs is 2. The molecule has 0 aliphatic carbocycles. The molecule has 0 amide bonds. The summed E-state index contributed by atoms with van der Waals surface area (Å²) in [6.07, 6.45) is 9.94. The van der Waals surface area contributed by atoms with Gasteiger partial charge in [0.15, 0.2) is 46.0 Å². The SMILES string of the molecule is COc1cc2c(cc1OC)C(Cc1cc(OC)c(OC)c(OC)c1)[N+](C)(CCCOC(=O)CC/C=C/CCC(=O)OCCC[N+]1(C)CCc3cc(OC)c(OC)cc3C1Cc1cc(OC)c(OC)c(OC)c1)CC2. The maximum Gasteiger partial charge on any atom is 0.306 e. The van der Waals surface area contributed by atoms with Crippen LogP contribution in [0.15, 0.2) is 60.7 Å². The minimum absolute atomic E-state index is 0.0551. The van der Waals surface area contributed by atoms with Gasteiger partial charge in [0.2, 0.25) is 11.5 Å². The van der Waals surface area contributed by atoms with E-state index in [1.54, 1.807) is 71.1 Å². The first kappa shape index (κ1) is 56.8. The van der Waals surface area contributed by atoms with Gasteiger partial charge in [-0.15, -0.1) is 0 Å². The van der Waals surface area contributed by atoms with E-state index in [1.165, 1.54) is 22.3 Å². The molecule has 0 bridgehead atoms. The average Bonchev–Trinajstić information content (AvgIpc) is 3.42. The summed E-state index contributed by atoms with van der Waals surface area (Å²) in [4.78, 5) is 25.7. The second-order valence-electron chi connectivity index (χ2n) is 19.4. The number of rotatable bonds is 28. The fraction of sp³-hybridized carbons (Fsp3) is 0.517. The van der Waals surface area contributed by atoms with E-state index in [9.17, 15) is 9.59 Å². The van der Waals surface area contributed by atoms with Gasteiger partial charge in [-0.25, -0.2) is 0 Å². The summed E-state index contributed by atoms with van der Waals surface area (Å²) in [5.41, 5.74) is 6.93. The molecule has 0 spiro atoms. The van der Waals surface area contributed by atoms with E-state index in [1.807, 2.05) is 36.4 Å². The Labute approximate surface area is 438 Å². The molecule has 4 atom stereocenters. The molecule has 4 unspecified atom stereocenters. The first-order valence-electron chi connectivity index (χ1n) is 25.5. The smallest absolute Gasteiger partial charge is 0.306 e. The van der Waals surface area contributed by atoms with Gasteiger partial charge in [-0.1, -0.05) is 12.2 Å². The van der Waals surface area contributed by atoms with Crippen molar-refractivity contribution in [2.24, 2.45) is 0 Å². The predicted molar refractivity (Wildman–Crippen MR) is 282 cm³/mol. The second-order valence-corrected chi connectivity index (χ2v) is 19.4. The van der Waals surface area contributed by atoms with Crippen molar-refractivity contribution >= 4 is 11.9 Å². The number of likely N-dealkylation sites (N-methyl/N-ethyl adjacent to an activating group) is 2. The first-order chi connectivity index (χ1) is 35.7. The van der Waals surface area contributed by atoms with Crippen molar-refractivity contribution in [3.8, 4) is 57.5 Å². The Morgan fingerprint density at radius 2 is 0.784 bits per heavy atom. The number of hydrogen-bond acceptors (Lipinski definition) is 14. The molecule has 0 saturated carbocycles. The molecule has 6 rings (SSSR count). The Hall–Kier alpha value is -6.52. The third-order valence-corrected chi connectivity index (χ3v) is 15.0. The molecule has 16 heteroatoms. The molecule has 2 aliphatic rings. The Bertz CT molecular complexity index is 2340. The molecule has 4 aromatic rings. The number of quaternary nitrogens is 2. The van der Waals surface area contributed by atoms with E-state index < -0.39 is 0 Å². The van der Waals surface area contributed by atoms with Crippen LogP contribution >= 0.6 is 0 Å². The number of allylic oxidation sites excluding steroid dienone is 2. The molecular weight excluding hydrogens is 949 g/mol. The van der Waals surface area contributed by atoms with Crippen LogP contribution in [-0.4, -0.2) is 145 Å². The van der Waals surface area contributed by atoms with E-state index in [-0.39, 0.29) is 36.9 Å². The first-order valence-corrected chi connectivity index (χ1v) is 25.5. The summed E-state index contributed by atoms with van der Waals surface area (Å²) in [6, 6.07) is 16.5. The normalized spacial score (nSPS) is 18.9. The van der Waals surface area contributed by atoms with Gasteiger partial charge in [0.25, 0.3) is 0 Å². The summed E-state index contributed by atoms with van der Waals surface area (Å²) in [5, 5.41) is 0. The lowest BCUT2D eigenvalue weighted by Gasteiger charge is -2.46. The summed E-state index contributed by atoms with van der Waals surface area (Å²) in [7, 11) is 20.9. The van der Waals surface area contributed by atoms with Gasteiger partial charge < -0.3 is 65.8 Å². The fourth-order valence-electron chi connectivity index (χ4n) is 10.8. The van der Waals surface area contributed by atoms with Crippen LogP contribution < -0.4 is 47.4 Å². The van der Waals surface area contributed by atoms with Gasteiger partial charge in [0.1, 0.15) is 12.1 Å². The molecule has 0 radical (unpaired) electrons. The van der Waals surface area contributed by atoms with Crippen LogP contribution in [0.3, 0.4) is 0 Å². The van der Waals surface area contributed by atoms with Crippen molar-refractivity contribution in [1.29, 1.82) is 0 Å². The van der Waals surface area contributed by atoms with Crippen LogP contribution in [-0.2, 0) is 44.7 Å². The second kappa shape index (κ2) is 26.6. The van der Waals surface area contributed by atoms with Gasteiger partial charge in [-0.3, -0.25) is 9.59 Å². The number of nitrogens with zero attached hydrogens (tertiary/aromatic N) is 2. The standard InChI is InChI=1S/C58H80N2O14/c1-59(25-21-41-35-47(63-3)49(65-5)37-43(41)45(59)29-39-31-51(67-7)57(71-11)52(32-39)68-8)23-17-27-73-55(61)19-15-13-14-16-20-56(62)74-28-18-24-60(2)26-22-42-36-48(64-4)50(66-6)38-44(42)46(60)30-40-33-53(69-9)58(72-12)54(34-40)70-10/h13-14,31-38,45-46H,15-30H2,1-12H3/q+2/b14-13+. The van der Waals surface area contributed by atoms with Crippen LogP contribution in [0.4, 0.5) is 0 Å². The Morgan fingerprint density at radius 1 is 0.459 bits per heavy atom. The monoisotopic (exact) mass is 1030 g/mol. The van der Waals surface area contributed by atoms with Crippen LogP contribution in [0, 0.1) is 0 Å². The van der Waals surface area contributed by atoms with E-state index >= 15 is 0 Å². The molecule has 0 N–H and O–H groups in total. The summed E-state index contributed by atoms with van der Waals surface area (Å²) >= 11 is 0. The average molecular weight is 1030 g/mol. The molecule has 0 fully saturated rings. The largest absolute Gasteiger partial charge is 0.493 e. The van der Waals surface area contributed by atoms with Crippen LogP contribution in [0.1, 0.15) is 84.0 Å². The van der Waals surface area contributed by atoms with Crippen LogP contribution in [0.2, 0.25) is 0 Å². The molecular formula is C58H80N2O14+2. The predicted octanol–water partition coefficient (Wildman–Crippen LogP) is 9.03. The van der Waals surface area contributed by atoms with Crippen molar-refractivity contribution < 1.29 is 75.4 Å². The molecule has 404 valence electrons. The molecule has 0 saturated heterocycles. The zero-order valence-electron chi connectivity index (χ0n) is 45.9. The van der Waals surface area contributed by atoms with E-state index in [4.69, 9.17) is 56.8 Å². The molecule has 2 aliphatic heterocycles. The highest BCUT2D eigenvalue weighted by atomic mass is 16.6. The molecule has 2 heterocycles. The fourth-order valence-corrected chi connectivity index (χ4v) is 10.8. The molecule has 0 aromatic heterocycles. The highest BCUT2D eigenvalue weighted by molar-refractivity contribution is 5.70. The van der Waals surface area contributed by atoms with Crippen molar-refractivity contribution in [3.63, 3.8) is 0 Å². The Kier molecular flexibility index (Phi) is 20.4. The van der Waals surface area contributed by atoms with E-state index in [0.717, 1.165) is 59.1 Å². The van der Waals surface area contributed by atoms with Gasteiger partial charge in [-0.05, 0) is 83.6 Å².